The molecule has 1 unspecified atom stereocenters. The number of nitrogens with one attached hydrogen (secondary N) is 1. The number of nitriles is 1. The largest absolute Gasteiger partial charge is 0.486 e. The van der Waals surface area contributed by atoms with Crippen LogP contribution in [0.15, 0.2) is 36.8 Å². The number of halogens is 1. The molecule has 7 nitrogen and oxygen atoms in total. The van der Waals surface area contributed by atoms with Crippen LogP contribution in [-0.2, 0) is 10.2 Å². The van der Waals surface area contributed by atoms with E-state index in [0.29, 0.717) is 34.0 Å². The fraction of sp³-hybridized carbons (Fsp3) is 0.350. The fourth-order valence-electron chi connectivity index (χ4n) is 4.10. The summed E-state index contributed by atoms with van der Waals surface area (Å²) in [5.41, 5.74) is 2.56. The van der Waals surface area contributed by atoms with Crippen LogP contribution in [0.5, 0.6) is 5.06 Å². The molecule has 0 aliphatic carbocycles. The predicted molar refractivity (Wildman–Crippen MR) is 122 cm³/mol. The van der Waals surface area contributed by atoms with E-state index in [4.69, 9.17) is 4.74 Å². The molecule has 1 aromatic carbocycles. The lowest BCUT2D eigenvalue weighted by Gasteiger charge is -2.27. The number of benzene rings is 1. The van der Waals surface area contributed by atoms with Crippen molar-refractivity contribution in [3.63, 3.8) is 0 Å². The molecule has 3 heterocycles. The molecule has 1 N–H and O–H groups in total. The topological polar surface area (TPSA) is 81.5 Å². The number of anilines is 2. The maximum atomic E-state index is 12.3. The summed E-state index contributed by atoms with van der Waals surface area (Å²) in [5.74, 6) is 0.870. The van der Waals surface area contributed by atoms with Gasteiger partial charge in [0.15, 0.2) is 10.2 Å². The molecule has 1 saturated heterocycles. The molecule has 0 saturated carbocycles. The van der Waals surface area contributed by atoms with Crippen molar-refractivity contribution >= 4 is 50.7 Å². The zero-order valence-corrected chi connectivity index (χ0v) is 18.9. The van der Waals surface area contributed by atoms with Crippen LogP contribution in [0.4, 0.5) is 10.8 Å². The highest BCUT2D eigenvalue weighted by atomic mass is 127. The number of carbonyl (C=O) groups excluding carboxylic acids is 1. The van der Waals surface area contributed by atoms with Crippen LogP contribution < -0.4 is 15.0 Å². The third kappa shape index (κ3) is 3.55. The van der Waals surface area contributed by atoms with Gasteiger partial charge in [-0.1, -0.05) is 40.5 Å². The Morgan fingerprint density at radius 2 is 2.34 bits per heavy atom. The van der Waals surface area contributed by atoms with E-state index in [1.165, 1.54) is 11.3 Å². The van der Waals surface area contributed by atoms with Gasteiger partial charge in [0.05, 0.1) is 29.4 Å². The number of hydrogen-bond acceptors (Lipinski definition) is 7. The maximum Gasteiger partial charge on any atom is 0.232 e. The quantitative estimate of drug-likeness (QED) is 0.481. The van der Waals surface area contributed by atoms with E-state index in [9.17, 15) is 10.1 Å². The van der Waals surface area contributed by atoms with Crippen molar-refractivity contribution in [3.8, 4) is 11.1 Å². The summed E-state index contributed by atoms with van der Waals surface area (Å²) in [6.45, 7) is 6.32. The minimum atomic E-state index is -0.200. The minimum Gasteiger partial charge on any atom is -0.486 e. The summed E-state index contributed by atoms with van der Waals surface area (Å²) in [6, 6.07) is 8.01. The average molecular weight is 521 g/mol. The average Bonchev–Trinajstić information content (AvgIpc) is 3.45. The van der Waals surface area contributed by atoms with E-state index >= 15 is 0 Å². The van der Waals surface area contributed by atoms with Crippen molar-refractivity contribution < 1.29 is 9.53 Å². The zero-order chi connectivity index (χ0) is 20.6. The Kier molecular flexibility index (Phi) is 5.40. The summed E-state index contributed by atoms with van der Waals surface area (Å²) in [5, 5.41) is 14.1. The SMILES string of the molecule is C=C(Nc1ncc(OC)s1)N1CC2(CCN(C(=O)CI)C2)c2cc(C#N)ccc21. The molecule has 2 aromatic rings. The van der Waals surface area contributed by atoms with Gasteiger partial charge in [0.2, 0.25) is 5.91 Å². The smallest absolute Gasteiger partial charge is 0.232 e. The minimum absolute atomic E-state index is 0.158. The van der Waals surface area contributed by atoms with Crippen LogP contribution in [0, 0.1) is 11.3 Å². The van der Waals surface area contributed by atoms with Gasteiger partial charge in [-0.05, 0) is 30.2 Å². The number of likely N-dealkylation sites (tertiary alicyclic amines) is 1. The van der Waals surface area contributed by atoms with Gasteiger partial charge in [-0.3, -0.25) is 4.79 Å². The number of methoxy groups -OCH3 is 1. The summed E-state index contributed by atoms with van der Waals surface area (Å²) in [7, 11) is 1.61. The number of carbonyl (C=O) groups is 1. The van der Waals surface area contributed by atoms with Crippen molar-refractivity contribution in [2.24, 2.45) is 0 Å². The molecule has 2 aliphatic rings. The summed E-state index contributed by atoms with van der Waals surface area (Å²) in [6.07, 6.45) is 2.54. The molecule has 1 fully saturated rings. The number of thiazole rings is 1. The highest BCUT2D eigenvalue weighted by Crippen LogP contribution is 2.48. The van der Waals surface area contributed by atoms with E-state index in [2.05, 4.69) is 50.4 Å². The Labute approximate surface area is 187 Å². The van der Waals surface area contributed by atoms with E-state index < -0.39 is 0 Å². The summed E-state index contributed by atoms with van der Waals surface area (Å²) < 4.78 is 5.68. The molecule has 1 atom stereocenters. The van der Waals surface area contributed by atoms with E-state index in [0.717, 1.165) is 29.3 Å². The van der Waals surface area contributed by atoms with Crippen molar-refractivity contribution in [1.29, 1.82) is 5.26 Å². The number of aromatic nitrogens is 1. The number of nitrogens with zero attached hydrogens (tertiary/aromatic N) is 4. The van der Waals surface area contributed by atoms with Gasteiger partial charge in [-0.25, -0.2) is 4.98 Å². The first-order valence-corrected chi connectivity index (χ1v) is 11.5. The Bertz CT molecular complexity index is 1020. The van der Waals surface area contributed by atoms with Gasteiger partial charge in [0.1, 0.15) is 5.82 Å². The zero-order valence-electron chi connectivity index (χ0n) is 15.9. The Balaban J connectivity index is 1.65. The lowest BCUT2D eigenvalue weighted by molar-refractivity contribution is -0.127. The maximum absolute atomic E-state index is 12.3. The van der Waals surface area contributed by atoms with Crippen LogP contribution in [0.2, 0.25) is 0 Å². The first-order valence-electron chi connectivity index (χ1n) is 9.11. The number of alkyl halides is 1. The van der Waals surface area contributed by atoms with E-state index in [-0.39, 0.29) is 11.3 Å². The first-order chi connectivity index (χ1) is 14.0. The van der Waals surface area contributed by atoms with Crippen molar-refractivity contribution in [1.82, 2.24) is 9.88 Å². The molecule has 0 radical (unpaired) electrons. The van der Waals surface area contributed by atoms with Crippen LogP contribution in [0.25, 0.3) is 0 Å². The molecule has 1 aromatic heterocycles. The molecule has 4 rings (SSSR count). The Hall–Kier alpha value is -2.32. The highest BCUT2D eigenvalue weighted by molar-refractivity contribution is 14.1. The molecule has 150 valence electrons. The van der Waals surface area contributed by atoms with Crippen molar-refractivity contribution in [2.45, 2.75) is 11.8 Å². The van der Waals surface area contributed by atoms with E-state index in [1.807, 2.05) is 23.1 Å². The molecular weight excluding hydrogens is 501 g/mol. The molecule has 2 aliphatic heterocycles. The van der Waals surface area contributed by atoms with Gasteiger partial charge in [0.25, 0.3) is 0 Å². The van der Waals surface area contributed by atoms with Crippen LogP contribution in [0.1, 0.15) is 17.5 Å². The van der Waals surface area contributed by atoms with Gasteiger partial charge < -0.3 is 19.9 Å². The van der Waals surface area contributed by atoms with Gasteiger partial charge in [-0.15, -0.1) is 0 Å². The first kappa shape index (κ1) is 20.0. The molecule has 1 spiro atoms. The van der Waals surface area contributed by atoms with Crippen LogP contribution >= 0.6 is 33.9 Å². The summed E-state index contributed by atoms with van der Waals surface area (Å²) >= 11 is 3.52. The van der Waals surface area contributed by atoms with Gasteiger partial charge in [-0.2, -0.15) is 5.26 Å². The fourth-order valence-corrected chi connectivity index (χ4v) is 5.24. The van der Waals surface area contributed by atoms with Crippen molar-refractivity contribution in [3.05, 3.63) is 47.9 Å². The second kappa shape index (κ2) is 7.84. The van der Waals surface area contributed by atoms with E-state index in [1.54, 1.807) is 13.3 Å². The van der Waals surface area contributed by atoms with Crippen molar-refractivity contribution in [2.75, 3.05) is 41.4 Å². The number of fused-ring (bicyclic) bond motifs is 2. The molecule has 9 heteroatoms. The van der Waals surface area contributed by atoms with Gasteiger partial charge >= 0.3 is 0 Å². The lowest BCUT2D eigenvalue weighted by atomic mass is 9.81. The monoisotopic (exact) mass is 521 g/mol. The standard InChI is InChI=1S/C20H20IN5O2S/c1-13(24-19-23-10-18(28-2)29-19)26-12-20(5-6-25(11-20)17(27)8-21)15-7-14(9-22)3-4-16(15)26/h3-4,7,10H,1,5-6,8,11-12H2,2H3,(H,23,24). The van der Waals surface area contributed by atoms with Gasteiger partial charge in [0, 0.05) is 30.7 Å². The number of amides is 1. The molecular formula is C20H20IN5O2S. The second-order valence-corrected chi connectivity index (χ2v) is 8.93. The molecule has 29 heavy (non-hydrogen) atoms. The predicted octanol–water partition coefficient (Wildman–Crippen LogP) is 3.33. The van der Waals surface area contributed by atoms with Crippen LogP contribution in [-0.4, -0.2) is 47.0 Å². The van der Waals surface area contributed by atoms with Crippen LogP contribution in [0.3, 0.4) is 0 Å². The number of rotatable bonds is 5. The number of ether oxygens (including phenoxy) is 1. The second-order valence-electron chi connectivity index (χ2n) is 7.17. The Morgan fingerprint density at radius 1 is 1.52 bits per heavy atom. The molecule has 1 amide bonds. The molecule has 0 bridgehead atoms. The third-order valence-electron chi connectivity index (χ3n) is 5.53. The normalized spacial score (nSPS) is 19.9. The number of hydrogen-bond donors (Lipinski definition) is 1. The lowest BCUT2D eigenvalue weighted by Crippen LogP contribution is -2.39. The summed E-state index contributed by atoms with van der Waals surface area (Å²) in [4.78, 5) is 20.7. The third-order valence-corrected chi connectivity index (χ3v) is 7.06. The Morgan fingerprint density at radius 3 is 3.03 bits per heavy atom. The highest BCUT2D eigenvalue weighted by Gasteiger charge is 2.48.